The highest BCUT2D eigenvalue weighted by Gasteiger charge is 2.35. The maximum atomic E-state index is 14.1. The first-order valence-corrected chi connectivity index (χ1v) is 16.8. The van der Waals surface area contributed by atoms with Gasteiger partial charge in [-0.1, -0.05) is 88.3 Å². The van der Waals surface area contributed by atoms with E-state index < -0.39 is 6.04 Å². The number of aromatic nitrogens is 3. The summed E-state index contributed by atoms with van der Waals surface area (Å²) >= 11 is 1.62. The summed E-state index contributed by atoms with van der Waals surface area (Å²) < 4.78 is 13.9. The van der Waals surface area contributed by atoms with Crippen molar-refractivity contribution in [1.82, 2.24) is 14.8 Å². The van der Waals surface area contributed by atoms with Crippen LogP contribution in [0.4, 0.5) is 11.6 Å². The van der Waals surface area contributed by atoms with Crippen molar-refractivity contribution in [3.05, 3.63) is 99.8 Å². The van der Waals surface area contributed by atoms with Gasteiger partial charge >= 0.3 is 0 Å². The lowest BCUT2D eigenvalue weighted by molar-refractivity contribution is -0.113. The van der Waals surface area contributed by atoms with Crippen LogP contribution in [-0.2, 0) is 16.8 Å². The quantitative estimate of drug-likeness (QED) is 0.125. The van der Waals surface area contributed by atoms with Crippen LogP contribution in [0.3, 0.4) is 0 Å². The standard InChI is InChI=1S/C37H45N5O3S/c1-9-10-20-46-36-40-35-38-25(4)32(34(43)39-29-13-11-12-23(2)24(29)3)33(42(35)41-36)27-16-19-30(31(21-27)44-8)45-22-26-14-17-28(18-15-26)37(5,6)7/h11-19,21,33H,9-10,20,22H2,1-8H3,(H,39,43)(H,38,40,41). The number of amides is 1. The van der Waals surface area contributed by atoms with E-state index in [9.17, 15) is 4.79 Å². The summed E-state index contributed by atoms with van der Waals surface area (Å²) in [5.41, 5.74) is 7.47. The number of methoxy groups -OCH3 is 1. The lowest BCUT2D eigenvalue weighted by Crippen LogP contribution is -2.31. The van der Waals surface area contributed by atoms with E-state index in [0.29, 0.717) is 34.8 Å². The van der Waals surface area contributed by atoms with Crippen molar-refractivity contribution in [2.75, 3.05) is 23.5 Å². The van der Waals surface area contributed by atoms with Crippen molar-refractivity contribution in [2.24, 2.45) is 0 Å². The van der Waals surface area contributed by atoms with E-state index in [4.69, 9.17) is 19.6 Å². The molecule has 1 aromatic heterocycles. The summed E-state index contributed by atoms with van der Waals surface area (Å²) in [6, 6.07) is 19.7. The van der Waals surface area contributed by atoms with Crippen molar-refractivity contribution in [1.29, 1.82) is 0 Å². The average molecular weight is 640 g/mol. The van der Waals surface area contributed by atoms with Crippen LogP contribution in [0.5, 0.6) is 11.5 Å². The predicted molar refractivity (Wildman–Crippen MR) is 187 cm³/mol. The molecule has 0 radical (unpaired) electrons. The van der Waals surface area contributed by atoms with Crippen LogP contribution < -0.4 is 20.1 Å². The monoisotopic (exact) mass is 639 g/mol. The molecular weight excluding hydrogens is 595 g/mol. The van der Waals surface area contributed by atoms with Gasteiger partial charge in [0.25, 0.3) is 5.91 Å². The average Bonchev–Trinajstić information content (AvgIpc) is 3.43. The Morgan fingerprint density at radius 1 is 1.04 bits per heavy atom. The molecule has 46 heavy (non-hydrogen) atoms. The Labute approximate surface area is 277 Å². The second-order valence-corrected chi connectivity index (χ2v) is 13.8. The number of anilines is 2. The van der Waals surface area contributed by atoms with Gasteiger partial charge in [0.05, 0.1) is 12.7 Å². The molecule has 2 heterocycles. The van der Waals surface area contributed by atoms with Crippen LogP contribution in [0.2, 0.25) is 0 Å². The van der Waals surface area contributed by atoms with Gasteiger partial charge in [0, 0.05) is 17.1 Å². The summed E-state index contributed by atoms with van der Waals surface area (Å²) in [4.78, 5) is 18.9. The summed E-state index contributed by atoms with van der Waals surface area (Å²) in [6.45, 7) is 15.2. The van der Waals surface area contributed by atoms with E-state index in [1.807, 2.05) is 61.9 Å². The first kappa shape index (κ1) is 33.1. The van der Waals surface area contributed by atoms with E-state index in [2.05, 4.69) is 62.6 Å². The SMILES string of the molecule is CCCCSc1nc2n(n1)C(c1ccc(OCc3ccc(C(C)(C)C)cc3)c(OC)c1)C(C(=O)Nc1cccc(C)c1C)=C(C)N2. The van der Waals surface area contributed by atoms with E-state index in [-0.39, 0.29) is 11.3 Å². The molecule has 0 saturated heterocycles. The van der Waals surface area contributed by atoms with Crippen LogP contribution in [0.15, 0.2) is 77.1 Å². The third-order valence-corrected chi connectivity index (χ3v) is 9.30. The third-order valence-electron chi connectivity index (χ3n) is 8.38. The van der Waals surface area contributed by atoms with Crippen molar-refractivity contribution < 1.29 is 14.3 Å². The van der Waals surface area contributed by atoms with Gasteiger partial charge in [-0.05, 0) is 78.6 Å². The fraction of sp³-hybridized carbons (Fsp3) is 0.378. The number of allylic oxidation sites excluding steroid dienone is 1. The topological polar surface area (TPSA) is 90.3 Å². The highest BCUT2D eigenvalue weighted by atomic mass is 32.2. The summed E-state index contributed by atoms with van der Waals surface area (Å²) in [5.74, 6) is 2.52. The molecule has 4 aromatic rings. The molecule has 3 aromatic carbocycles. The number of unbranched alkanes of at least 4 members (excludes halogenated alkanes) is 1. The van der Waals surface area contributed by atoms with Crippen molar-refractivity contribution in [2.45, 2.75) is 84.5 Å². The fourth-order valence-electron chi connectivity index (χ4n) is 5.41. The van der Waals surface area contributed by atoms with Crippen molar-refractivity contribution in [3.63, 3.8) is 0 Å². The maximum Gasteiger partial charge on any atom is 0.255 e. The fourth-order valence-corrected chi connectivity index (χ4v) is 6.33. The maximum absolute atomic E-state index is 14.1. The highest BCUT2D eigenvalue weighted by Crippen LogP contribution is 2.40. The minimum absolute atomic E-state index is 0.0907. The van der Waals surface area contributed by atoms with Gasteiger partial charge in [-0.25, -0.2) is 4.68 Å². The smallest absolute Gasteiger partial charge is 0.255 e. The number of hydrogen-bond donors (Lipinski definition) is 2. The molecule has 2 N–H and O–H groups in total. The molecule has 8 nitrogen and oxygen atoms in total. The molecule has 9 heteroatoms. The van der Waals surface area contributed by atoms with Crippen LogP contribution >= 0.6 is 11.8 Å². The molecule has 0 bridgehead atoms. The van der Waals surface area contributed by atoms with E-state index in [0.717, 1.165) is 52.2 Å². The molecule has 5 rings (SSSR count). The van der Waals surface area contributed by atoms with Gasteiger partial charge in [-0.2, -0.15) is 4.98 Å². The Bertz CT molecular complexity index is 1740. The Hall–Kier alpha value is -4.24. The molecule has 1 unspecified atom stereocenters. The number of ether oxygens (including phenoxy) is 2. The number of fused-ring (bicyclic) bond motifs is 1. The minimum atomic E-state index is -0.540. The zero-order valence-electron chi connectivity index (χ0n) is 28.2. The summed E-state index contributed by atoms with van der Waals surface area (Å²) in [6.07, 6.45) is 2.17. The molecule has 1 amide bonds. The van der Waals surface area contributed by atoms with Gasteiger partial charge in [-0.3, -0.25) is 4.79 Å². The Morgan fingerprint density at radius 2 is 1.80 bits per heavy atom. The highest BCUT2D eigenvalue weighted by molar-refractivity contribution is 7.99. The van der Waals surface area contributed by atoms with Gasteiger partial charge < -0.3 is 20.1 Å². The van der Waals surface area contributed by atoms with Crippen molar-refractivity contribution >= 4 is 29.3 Å². The zero-order valence-corrected chi connectivity index (χ0v) is 29.0. The lowest BCUT2D eigenvalue weighted by atomic mass is 9.87. The van der Waals surface area contributed by atoms with Gasteiger partial charge in [0.1, 0.15) is 12.6 Å². The minimum Gasteiger partial charge on any atom is -0.493 e. The Kier molecular flexibility index (Phi) is 10.1. The normalized spacial score (nSPS) is 14.5. The Morgan fingerprint density at radius 3 is 2.50 bits per heavy atom. The third kappa shape index (κ3) is 7.25. The number of nitrogens with one attached hydrogen (secondary N) is 2. The van der Waals surface area contributed by atoms with E-state index in [1.54, 1.807) is 18.9 Å². The largest absolute Gasteiger partial charge is 0.493 e. The predicted octanol–water partition coefficient (Wildman–Crippen LogP) is 8.60. The lowest BCUT2D eigenvalue weighted by Gasteiger charge is -2.29. The number of benzene rings is 3. The number of carbonyl (C=O) groups is 1. The molecule has 0 fully saturated rings. The van der Waals surface area contributed by atoms with Gasteiger partial charge in [0.15, 0.2) is 11.5 Å². The molecule has 1 aliphatic heterocycles. The van der Waals surface area contributed by atoms with Crippen LogP contribution in [0.25, 0.3) is 0 Å². The first-order valence-electron chi connectivity index (χ1n) is 15.8. The molecule has 1 aliphatic rings. The van der Waals surface area contributed by atoms with Crippen LogP contribution in [-0.4, -0.2) is 33.5 Å². The molecule has 242 valence electrons. The molecular formula is C37H45N5O3S. The van der Waals surface area contributed by atoms with Crippen LogP contribution in [0.1, 0.15) is 81.3 Å². The summed E-state index contributed by atoms with van der Waals surface area (Å²) in [5, 5.41) is 12.1. The van der Waals surface area contributed by atoms with Gasteiger partial charge in [-0.15, -0.1) is 5.10 Å². The molecule has 0 saturated carbocycles. The van der Waals surface area contributed by atoms with Crippen molar-refractivity contribution in [3.8, 4) is 11.5 Å². The number of rotatable bonds is 11. The second-order valence-electron chi connectivity index (χ2n) is 12.8. The molecule has 0 aliphatic carbocycles. The number of hydrogen-bond acceptors (Lipinski definition) is 7. The summed E-state index contributed by atoms with van der Waals surface area (Å²) in [7, 11) is 1.63. The Balaban J connectivity index is 1.48. The molecule has 0 spiro atoms. The second kappa shape index (κ2) is 14.0. The van der Waals surface area contributed by atoms with E-state index in [1.165, 1.54) is 5.56 Å². The van der Waals surface area contributed by atoms with E-state index >= 15 is 0 Å². The number of nitrogens with zero attached hydrogens (tertiary/aromatic N) is 3. The first-order chi connectivity index (χ1) is 22.0. The molecule has 1 atom stereocenters. The number of thioether (sulfide) groups is 1. The van der Waals surface area contributed by atoms with Gasteiger partial charge in [0.2, 0.25) is 11.1 Å². The number of aryl methyl sites for hydroxylation is 1. The van der Waals surface area contributed by atoms with Crippen LogP contribution in [0, 0.1) is 13.8 Å². The zero-order chi connectivity index (χ0) is 33.0. The number of carbonyl (C=O) groups excluding carboxylic acids is 1.